The summed E-state index contributed by atoms with van der Waals surface area (Å²) in [4.78, 5) is 28.4. The zero-order valence-corrected chi connectivity index (χ0v) is 15.1. The van der Waals surface area contributed by atoms with Gasteiger partial charge in [0.05, 0.1) is 12.1 Å². The predicted molar refractivity (Wildman–Crippen MR) is 94.6 cm³/mol. The van der Waals surface area contributed by atoms with E-state index in [1.165, 1.54) is 18.3 Å². The molecule has 0 spiro atoms. The number of hydrogen-bond donors (Lipinski definition) is 1. The van der Waals surface area contributed by atoms with Crippen molar-refractivity contribution in [3.63, 3.8) is 0 Å². The van der Waals surface area contributed by atoms with Gasteiger partial charge in [0.1, 0.15) is 10.8 Å². The molecule has 25 heavy (non-hydrogen) atoms. The number of ether oxygens (including phenoxy) is 1. The van der Waals surface area contributed by atoms with Gasteiger partial charge in [0.15, 0.2) is 11.9 Å². The SMILES string of the molecule is Cc1cc(NC(=O)[C@H](C)OC(=O)Cc2csc(-c3ccsc3)n2)no1. The molecular weight excluding hydrogens is 362 g/mol. The summed E-state index contributed by atoms with van der Waals surface area (Å²) in [5.41, 5.74) is 1.65. The molecule has 1 amide bonds. The lowest BCUT2D eigenvalue weighted by molar-refractivity contribution is -0.152. The van der Waals surface area contributed by atoms with Gasteiger partial charge >= 0.3 is 5.97 Å². The fourth-order valence-corrected chi connectivity index (χ4v) is 3.53. The number of carbonyl (C=O) groups is 2. The van der Waals surface area contributed by atoms with Gasteiger partial charge in [-0.05, 0) is 25.3 Å². The van der Waals surface area contributed by atoms with E-state index in [1.807, 2.05) is 22.2 Å². The number of aromatic nitrogens is 2. The van der Waals surface area contributed by atoms with Crippen LogP contribution < -0.4 is 5.32 Å². The van der Waals surface area contributed by atoms with E-state index in [2.05, 4.69) is 15.5 Å². The third kappa shape index (κ3) is 4.52. The molecule has 9 heteroatoms. The average Bonchev–Trinajstić information content (AvgIpc) is 3.28. The highest BCUT2D eigenvalue weighted by Gasteiger charge is 2.20. The maximum Gasteiger partial charge on any atom is 0.312 e. The van der Waals surface area contributed by atoms with Crippen molar-refractivity contribution >= 4 is 40.4 Å². The van der Waals surface area contributed by atoms with E-state index in [9.17, 15) is 9.59 Å². The zero-order chi connectivity index (χ0) is 17.8. The Balaban J connectivity index is 1.52. The van der Waals surface area contributed by atoms with Crippen LogP contribution in [0.15, 0.2) is 32.8 Å². The fourth-order valence-electron chi connectivity index (χ4n) is 2.00. The van der Waals surface area contributed by atoms with Gasteiger partial charge in [-0.2, -0.15) is 11.3 Å². The predicted octanol–water partition coefficient (Wildman–Crippen LogP) is 3.28. The number of nitrogens with one attached hydrogen (secondary N) is 1. The first kappa shape index (κ1) is 17.3. The molecule has 3 rings (SSSR count). The van der Waals surface area contributed by atoms with E-state index in [-0.39, 0.29) is 12.2 Å². The van der Waals surface area contributed by atoms with Crippen molar-refractivity contribution in [2.75, 3.05) is 5.32 Å². The quantitative estimate of drug-likeness (QED) is 0.663. The lowest BCUT2D eigenvalue weighted by Crippen LogP contribution is -2.30. The minimum Gasteiger partial charge on any atom is -0.452 e. The van der Waals surface area contributed by atoms with E-state index in [4.69, 9.17) is 9.26 Å². The molecule has 1 atom stereocenters. The van der Waals surface area contributed by atoms with Crippen LogP contribution in [0.1, 0.15) is 18.4 Å². The zero-order valence-electron chi connectivity index (χ0n) is 13.5. The second-order valence-corrected chi connectivity index (χ2v) is 6.92. The lowest BCUT2D eigenvalue weighted by atomic mass is 10.3. The number of esters is 1. The second-order valence-electron chi connectivity index (χ2n) is 5.28. The molecule has 0 aliphatic heterocycles. The molecular formula is C16H15N3O4S2. The molecule has 0 radical (unpaired) electrons. The summed E-state index contributed by atoms with van der Waals surface area (Å²) in [6.45, 7) is 3.21. The van der Waals surface area contributed by atoms with Crippen LogP contribution in [0.4, 0.5) is 5.82 Å². The molecule has 0 saturated heterocycles. The number of thiophene rings is 1. The number of rotatable bonds is 6. The summed E-state index contributed by atoms with van der Waals surface area (Å²) in [7, 11) is 0. The molecule has 7 nitrogen and oxygen atoms in total. The van der Waals surface area contributed by atoms with Crippen molar-refractivity contribution in [2.24, 2.45) is 0 Å². The van der Waals surface area contributed by atoms with Gasteiger partial charge in [-0.1, -0.05) is 5.16 Å². The standard InChI is InChI=1S/C16H15N3O4S2/c1-9-5-13(19-23-9)18-15(21)10(2)22-14(20)6-12-8-25-16(17-12)11-3-4-24-7-11/h3-5,7-8,10H,6H2,1-2H3,(H,18,19,21)/t10-/m0/s1. The minimum absolute atomic E-state index is 0.0152. The highest BCUT2D eigenvalue weighted by molar-refractivity contribution is 7.14. The van der Waals surface area contributed by atoms with Gasteiger partial charge in [0, 0.05) is 22.4 Å². The molecule has 3 heterocycles. The van der Waals surface area contributed by atoms with E-state index in [1.54, 1.807) is 24.3 Å². The highest BCUT2D eigenvalue weighted by Crippen LogP contribution is 2.25. The number of aryl methyl sites for hydroxylation is 1. The summed E-state index contributed by atoms with van der Waals surface area (Å²) < 4.78 is 10.0. The third-order valence-electron chi connectivity index (χ3n) is 3.20. The minimum atomic E-state index is -0.945. The van der Waals surface area contributed by atoms with Crippen LogP contribution in [-0.2, 0) is 20.7 Å². The first-order valence-electron chi connectivity index (χ1n) is 7.42. The molecule has 130 valence electrons. The number of anilines is 1. The third-order valence-corrected chi connectivity index (χ3v) is 4.83. The summed E-state index contributed by atoms with van der Waals surface area (Å²) in [6.07, 6.45) is -0.930. The number of thiazole rings is 1. The molecule has 0 bridgehead atoms. The molecule has 0 fully saturated rings. The van der Waals surface area contributed by atoms with Crippen molar-refractivity contribution in [3.05, 3.63) is 39.7 Å². The maximum absolute atomic E-state index is 12.0. The van der Waals surface area contributed by atoms with Crippen LogP contribution in [0, 0.1) is 6.92 Å². The number of amides is 1. The Bertz CT molecular complexity index is 870. The van der Waals surface area contributed by atoms with Crippen LogP contribution in [0.3, 0.4) is 0 Å². The summed E-state index contributed by atoms with van der Waals surface area (Å²) in [5, 5.41) is 12.8. The summed E-state index contributed by atoms with van der Waals surface area (Å²) in [5.74, 6) is -0.129. The summed E-state index contributed by atoms with van der Waals surface area (Å²) in [6, 6.07) is 3.55. The summed E-state index contributed by atoms with van der Waals surface area (Å²) >= 11 is 3.06. The van der Waals surface area contributed by atoms with Crippen LogP contribution in [0.25, 0.3) is 10.6 Å². The molecule has 0 aliphatic carbocycles. The van der Waals surface area contributed by atoms with Crippen LogP contribution >= 0.6 is 22.7 Å². The normalized spacial score (nSPS) is 11.9. The topological polar surface area (TPSA) is 94.3 Å². The average molecular weight is 377 g/mol. The highest BCUT2D eigenvalue weighted by atomic mass is 32.1. The van der Waals surface area contributed by atoms with E-state index >= 15 is 0 Å². The molecule has 3 aromatic rings. The number of nitrogens with zero attached hydrogens (tertiary/aromatic N) is 2. The first-order valence-corrected chi connectivity index (χ1v) is 9.24. The Kier molecular flexibility index (Phi) is 5.25. The van der Waals surface area contributed by atoms with Crippen molar-refractivity contribution in [2.45, 2.75) is 26.4 Å². The first-order chi connectivity index (χ1) is 12.0. The Morgan fingerprint density at radius 3 is 2.92 bits per heavy atom. The molecule has 1 N–H and O–H groups in total. The Morgan fingerprint density at radius 1 is 1.40 bits per heavy atom. The van der Waals surface area contributed by atoms with Gasteiger partial charge in [0.2, 0.25) is 0 Å². The smallest absolute Gasteiger partial charge is 0.312 e. The van der Waals surface area contributed by atoms with Crippen LogP contribution in [0.5, 0.6) is 0 Å². The van der Waals surface area contributed by atoms with Gasteiger partial charge in [0.25, 0.3) is 5.91 Å². The van der Waals surface area contributed by atoms with Crippen molar-refractivity contribution in [1.82, 2.24) is 10.1 Å². The monoisotopic (exact) mass is 377 g/mol. The van der Waals surface area contributed by atoms with Gasteiger partial charge in [-0.25, -0.2) is 4.98 Å². The largest absolute Gasteiger partial charge is 0.452 e. The van der Waals surface area contributed by atoms with Gasteiger partial charge in [-0.3, -0.25) is 9.59 Å². The molecule has 3 aromatic heterocycles. The van der Waals surface area contributed by atoms with Crippen molar-refractivity contribution in [1.29, 1.82) is 0 Å². The molecule has 0 aliphatic rings. The Morgan fingerprint density at radius 2 is 2.24 bits per heavy atom. The number of hydrogen-bond acceptors (Lipinski definition) is 8. The van der Waals surface area contributed by atoms with Crippen molar-refractivity contribution in [3.8, 4) is 10.6 Å². The van der Waals surface area contributed by atoms with Crippen LogP contribution in [0.2, 0.25) is 0 Å². The fraction of sp³-hybridized carbons (Fsp3) is 0.250. The Labute approximate surface area is 151 Å². The van der Waals surface area contributed by atoms with E-state index in [0.29, 0.717) is 11.5 Å². The Hall–Kier alpha value is -2.52. The van der Waals surface area contributed by atoms with E-state index < -0.39 is 18.0 Å². The molecule has 0 aromatic carbocycles. The van der Waals surface area contributed by atoms with Gasteiger partial charge in [-0.15, -0.1) is 11.3 Å². The second kappa shape index (κ2) is 7.58. The van der Waals surface area contributed by atoms with Crippen molar-refractivity contribution < 1.29 is 18.8 Å². The number of carbonyl (C=O) groups excluding carboxylic acids is 2. The van der Waals surface area contributed by atoms with Gasteiger partial charge < -0.3 is 14.6 Å². The molecule has 0 saturated carbocycles. The van der Waals surface area contributed by atoms with Crippen LogP contribution in [-0.4, -0.2) is 28.1 Å². The maximum atomic E-state index is 12.0. The lowest BCUT2D eigenvalue weighted by Gasteiger charge is -2.11. The molecule has 0 unspecified atom stereocenters. The van der Waals surface area contributed by atoms with E-state index in [0.717, 1.165) is 10.6 Å².